The van der Waals surface area contributed by atoms with E-state index in [1.165, 1.54) is 18.2 Å². The van der Waals surface area contributed by atoms with Crippen molar-refractivity contribution in [3.8, 4) is 0 Å². The zero-order valence-corrected chi connectivity index (χ0v) is 13.9. The zero-order chi connectivity index (χ0) is 17.2. The minimum absolute atomic E-state index is 0.154. The minimum Gasteiger partial charge on any atom is -0.364 e. The predicted molar refractivity (Wildman–Crippen MR) is 82.9 cm³/mol. The van der Waals surface area contributed by atoms with E-state index in [1.807, 2.05) is 0 Å². The van der Waals surface area contributed by atoms with Crippen molar-refractivity contribution in [3.63, 3.8) is 0 Å². The predicted octanol–water partition coefficient (Wildman–Crippen LogP) is 1.86. The van der Waals surface area contributed by atoms with Crippen LogP contribution in [0.25, 0.3) is 0 Å². The van der Waals surface area contributed by atoms with Crippen molar-refractivity contribution < 1.29 is 22.1 Å². The van der Waals surface area contributed by atoms with Gasteiger partial charge in [0.25, 0.3) is 5.89 Å². The molecule has 130 valence electrons. The first-order valence-electron chi connectivity index (χ1n) is 7.59. The molecule has 1 saturated heterocycles. The monoisotopic (exact) mass is 355 g/mol. The van der Waals surface area contributed by atoms with E-state index in [0.717, 1.165) is 0 Å². The SMILES string of the molecule is Cc1noc([C@@H]2CC[C@H](CNS(=O)(=O)Cc3cccc(F)c3)O2)n1. The first kappa shape index (κ1) is 17.0. The zero-order valence-electron chi connectivity index (χ0n) is 13.1. The molecular formula is C15H18FN3O4S. The maximum Gasteiger partial charge on any atom is 0.255 e. The van der Waals surface area contributed by atoms with Crippen LogP contribution in [0.3, 0.4) is 0 Å². The molecular weight excluding hydrogens is 337 g/mol. The molecule has 0 saturated carbocycles. The summed E-state index contributed by atoms with van der Waals surface area (Å²) in [5.74, 6) is 0.217. The topological polar surface area (TPSA) is 94.3 Å². The third-order valence-corrected chi connectivity index (χ3v) is 5.02. The number of hydrogen-bond donors (Lipinski definition) is 1. The van der Waals surface area contributed by atoms with Gasteiger partial charge in [-0.3, -0.25) is 0 Å². The molecule has 1 fully saturated rings. The molecule has 24 heavy (non-hydrogen) atoms. The third kappa shape index (κ3) is 4.37. The standard InChI is InChI=1S/C15H18FN3O4S/c1-10-18-15(23-19-10)14-6-5-13(22-14)8-17-24(20,21)9-11-3-2-4-12(16)7-11/h2-4,7,13-14,17H,5-6,8-9H2,1H3/t13-,14+/m1/s1. The molecule has 0 bridgehead atoms. The molecule has 1 aliphatic heterocycles. The number of ether oxygens (including phenoxy) is 1. The highest BCUT2D eigenvalue weighted by atomic mass is 32.2. The number of nitrogens with zero attached hydrogens (tertiary/aromatic N) is 2. The van der Waals surface area contributed by atoms with Gasteiger partial charge in [-0.1, -0.05) is 17.3 Å². The summed E-state index contributed by atoms with van der Waals surface area (Å²) in [4.78, 5) is 4.12. The van der Waals surface area contributed by atoms with Crippen LogP contribution in [0.1, 0.15) is 36.2 Å². The summed E-state index contributed by atoms with van der Waals surface area (Å²) < 4.78 is 50.6. The summed E-state index contributed by atoms with van der Waals surface area (Å²) in [7, 11) is -3.56. The lowest BCUT2D eigenvalue weighted by atomic mass is 10.2. The van der Waals surface area contributed by atoms with Crippen LogP contribution in [0.2, 0.25) is 0 Å². The van der Waals surface area contributed by atoms with E-state index in [1.54, 1.807) is 13.0 Å². The number of halogens is 1. The number of rotatable bonds is 6. The van der Waals surface area contributed by atoms with Crippen LogP contribution < -0.4 is 4.72 Å². The average molecular weight is 355 g/mol. The fourth-order valence-corrected chi connectivity index (χ4v) is 3.76. The summed E-state index contributed by atoms with van der Waals surface area (Å²) in [5, 5.41) is 3.72. The Bertz CT molecular complexity index is 809. The lowest BCUT2D eigenvalue weighted by Crippen LogP contribution is -2.32. The van der Waals surface area contributed by atoms with E-state index in [9.17, 15) is 12.8 Å². The molecule has 1 aromatic carbocycles. The van der Waals surface area contributed by atoms with Gasteiger partial charge < -0.3 is 9.26 Å². The molecule has 7 nitrogen and oxygen atoms in total. The van der Waals surface area contributed by atoms with Gasteiger partial charge in [0, 0.05) is 6.54 Å². The van der Waals surface area contributed by atoms with Gasteiger partial charge in [0.15, 0.2) is 5.82 Å². The Morgan fingerprint density at radius 2 is 2.21 bits per heavy atom. The van der Waals surface area contributed by atoms with E-state index >= 15 is 0 Å². The second-order valence-corrected chi connectivity index (χ2v) is 7.55. The van der Waals surface area contributed by atoms with Crippen molar-refractivity contribution in [3.05, 3.63) is 47.4 Å². The first-order valence-corrected chi connectivity index (χ1v) is 9.24. The van der Waals surface area contributed by atoms with Gasteiger partial charge >= 0.3 is 0 Å². The van der Waals surface area contributed by atoms with E-state index in [0.29, 0.717) is 30.1 Å². The highest BCUT2D eigenvalue weighted by Crippen LogP contribution is 2.31. The Morgan fingerprint density at radius 3 is 2.92 bits per heavy atom. The summed E-state index contributed by atoms with van der Waals surface area (Å²) in [6, 6.07) is 5.54. The molecule has 0 unspecified atom stereocenters. The quantitative estimate of drug-likeness (QED) is 0.850. The molecule has 1 aromatic heterocycles. The van der Waals surface area contributed by atoms with Gasteiger partial charge in [-0.25, -0.2) is 17.5 Å². The number of nitrogens with one attached hydrogen (secondary N) is 1. The maximum absolute atomic E-state index is 13.1. The van der Waals surface area contributed by atoms with E-state index in [-0.39, 0.29) is 24.5 Å². The fraction of sp³-hybridized carbons (Fsp3) is 0.467. The van der Waals surface area contributed by atoms with Crippen LogP contribution in [-0.4, -0.2) is 31.2 Å². The highest BCUT2D eigenvalue weighted by molar-refractivity contribution is 7.88. The maximum atomic E-state index is 13.1. The Kier molecular flexibility index (Phi) is 4.93. The smallest absolute Gasteiger partial charge is 0.255 e. The van der Waals surface area contributed by atoms with E-state index < -0.39 is 15.8 Å². The summed E-state index contributed by atoms with van der Waals surface area (Å²) in [6.07, 6.45) is 0.820. The van der Waals surface area contributed by atoms with Crippen molar-refractivity contribution in [1.82, 2.24) is 14.9 Å². The van der Waals surface area contributed by atoms with Gasteiger partial charge in [-0.2, -0.15) is 4.98 Å². The molecule has 9 heteroatoms. The molecule has 0 spiro atoms. The number of benzene rings is 1. The second kappa shape index (κ2) is 6.96. The normalized spacial score (nSPS) is 21.2. The molecule has 2 aromatic rings. The molecule has 1 aliphatic rings. The van der Waals surface area contributed by atoms with Crippen LogP contribution in [0, 0.1) is 12.7 Å². The summed E-state index contributed by atoms with van der Waals surface area (Å²) >= 11 is 0. The van der Waals surface area contributed by atoms with Crippen LogP contribution in [0.5, 0.6) is 0 Å². The fourth-order valence-electron chi connectivity index (χ4n) is 2.60. The molecule has 0 aliphatic carbocycles. The number of sulfonamides is 1. The Morgan fingerprint density at radius 1 is 1.38 bits per heavy atom. The average Bonchev–Trinajstić information content (AvgIpc) is 3.13. The number of aromatic nitrogens is 2. The molecule has 1 N–H and O–H groups in total. The largest absolute Gasteiger partial charge is 0.364 e. The van der Waals surface area contributed by atoms with Crippen LogP contribution in [0.15, 0.2) is 28.8 Å². The Hall–Kier alpha value is -1.84. The van der Waals surface area contributed by atoms with Crippen molar-refractivity contribution >= 4 is 10.0 Å². The first-order chi connectivity index (χ1) is 11.4. The van der Waals surface area contributed by atoms with Crippen LogP contribution in [0.4, 0.5) is 4.39 Å². The highest BCUT2D eigenvalue weighted by Gasteiger charge is 2.31. The van der Waals surface area contributed by atoms with Crippen molar-refractivity contribution in [2.24, 2.45) is 0 Å². The molecule has 2 atom stereocenters. The number of hydrogen-bond acceptors (Lipinski definition) is 6. The van der Waals surface area contributed by atoms with Gasteiger partial charge in [-0.15, -0.1) is 0 Å². The number of aryl methyl sites for hydroxylation is 1. The lowest BCUT2D eigenvalue weighted by Gasteiger charge is -2.13. The Labute approximate surface area is 139 Å². The third-order valence-electron chi connectivity index (χ3n) is 3.70. The van der Waals surface area contributed by atoms with E-state index in [4.69, 9.17) is 9.26 Å². The minimum atomic E-state index is -3.56. The van der Waals surface area contributed by atoms with Crippen LogP contribution in [-0.2, 0) is 20.5 Å². The molecule has 0 amide bonds. The second-order valence-electron chi connectivity index (χ2n) is 5.74. The summed E-state index contributed by atoms with van der Waals surface area (Å²) in [5.41, 5.74) is 0.397. The van der Waals surface area contributed by atoms with Gasteiger partial charge in [0.1, 0.15) is 11.9 Å². The Balaban J connectivity index is 1.52. The van der Waals surface area contributed by atoms with Crippen molar-refractivity contribution in [2.45, 2.75) is 37.7 Å². The lowest BCUT2D eigenvalue weighted by molar-refractivity contribution is 0.0290. The molecule has 3 rings (SSSR count). The van der Waals surface area contributed by atoms with Crippen molar-refractivity contribution in [2.75, 3.05) is 6.54 Å². The molecule has 2 heterocycles. The van der Waals surface area contributed by atoms with Gasteiger partial charge in [-0.05, 0) is 37.5 Å². The van der Waals surface area contributed by atoms with Crippen molar-refractivity contribution in [1.29, 1.82) is 0 Å². The van der Waals surface area contributed by atoms with Gasteiger partial charge in [0.05, 0.1) is 11.9 Å². The van der Waals surface area contributed by atoms with Gasteiger partial charge in [0.2, 0.25) is 10.0 Å². The van der Waals surface area contributed by atoms with Crippen LogP contribution >= 0.6 is 0 Å². The molecule has 0 radical (unpaired) electrons. The summed E-state index contributed by atoms with van der Waals surface area (Å²) in [6.45, 7) is 1.88. The van der Waals surface area contributed by atoms with E-state index in [2.05, 4.69) is 14.9 Å².